The van der Waals surface area contributed by atoms with Gasteiger partial charge in [-0.2, -0.15) is 0 Å². The number of urea groups is 1. The number of hydrogen-bond acceptors (Lipinski definition) is 5. The van der Waals surface area contributed by atoms with Gasteiger partial charge in [-0.3, -0.25) is 0 Å². The van der Waals surface area contributed by atoms with Gasteiger partial charge in [0.25, 0.3) is 0 Å². The van der Waals surface area contributed by atoms with Gasteiger partial charge in [-0.15, -0.1) is 0 Å². The Labute approximate surface area is 185 Å². The molecule has 0 saturated carbocycles. The van der Waals surface area contributed by atoms with Crippen molar-refractivity contribution in [2.45, 2.75) is 13.0 Å². The summed E-state index contributed by atoms with van der Waals surface area (Å²) >= 11 is 0. The van der Waals surface area contributed by atoms with Crippen LogP contribution in [0.2, 0.25) is 0 Å². The number of amides is 2. The smallest absolute Gasteiger partial charge is 0.337 e. The molecule has 8 nitrogen and oxygen atoms in total. The normalized spacial score (nSPS) is 10.7. The largest absolute Gasteiger partial charge is 0.465 e. The zero-order valence-corrected chi connectivity index (χ0v) is 17.6. The quantitative estimate of drug-likeness (QED) is 0.437. The van der Waals surface area contributed by atoms with E-state index in [0.29, 0.717) is 30.8 Å². The van der Waals surface area contributed by atoms with E-state index in [1.807, 2.05) is 30.3 Å². The van der Waals surface area contributed by atoms with Crippen LogP contribution in [0.3, 0.4) is 0 Å². The number of fused-ring (bicyclic) bond motifs is 1. The molecule has 162 valence electrons. The van der Waals surface area contributed by atoms with Crippen molar-refractivity contribution in [2.75, 3.05) is 19.0 Å². The van der Waals surface area contributed by atoms with Crippen LogP contribution in [0.5, 0.6) is 0 Å². The fourth-order valence-corrected chi connectivity index (χ4v) is 3.43. The SMILES string of the molecule is COC(=O)c1cccc(NC(=O)NCCc2nc3cccnc3n2Cc2ccccc2)c1. The summed E-state index contributed by atoms with van der Waals surface area (Å²) in [4.78, 5) is 33.2. The Morgan fingerprint density at radius 3 is 2.69 bits per heavy atom. The molecule has 32 heavy (non-hydrogen) atoms. The second-order valence-electron chi connectivity index (χ2n) is 7.15. The minimum atomic E-state index is -0.458. The van der Waals surface area contributed by atoms with E-state index in [0.717, 1.165) is 22.6 Å². The van der Waals surface area contributed by atoms with Crippen LogP contribution in [-0.4, -0.2) is 40.2 Å². The molecule has 0 atom stereocenters. The number of esters is 1. The average molecular weight is 429 g/mol. The molecule has 0 spiro atoms. The van der Waals surface area contributed by atoms with Crippen molar-refractivity contribution in [1.29, 1.82) is 0 Å². The lowest BCUT2D eigenvalue weighted by molar-refractivity contribution is 0.0600. The van der Waals surface area contributed by atoms with Crippen LogP contribution >= 0.6 is 0 Å². The third-order valence-electron chi connectivity index (χ3n) is 4.94. The van der Waals surface area contributed by atoms with Gasteiger partial charge in [-0.1, -0.05) is 36.4 Å². The van der Waals surface area contributed by atoms with Crippen molar-refractivity contribution in [3.8, 4) is 0 Å². The molecule has 0 unspecified atom stereocenters. The third-order valence-corrected chi connectivity index (χ3v) is 4.94. The molecule has 2 amide bonds. The van der Waals surface area contributed by atoms with E-state index in [4.69, 9.17) is 9.72 Å². The molecular weight excluding hydrogens is 406 g/mol. The van der Waals surface area contributed by atoms with E-state index in [1.54, 1.807) is 30.5 Å². The predicted octanol–water partition coefficient (Wildman–Crippen LogP) is 3.63. The monoisotopic (exact) mass is 429 g/mol. The minimum absolute atomic E-state index is 0.365. The molecule has 2 aromatic heterocycles. The molecule has 8 heteroatoms. The summed E-state index contributed by atoms with van der Waals surface area (Å²) in [5.74, 6) is 0.385. The van der Waals surface area contributed by atoms with E-state index in [1.165, 1.54) is 7.11 Å². The molecule has 2 heterocycles. The molecule has 2 aromatic carbocycles. The Bertz CT molecular complexity index is 1240. The number of hydrogen-bond donors (Lipinski definition) is 2. The standard InChI is InChI=1S/C24H23N5O3/c1-32-23(30)18-9-5-10-19(15-18)27-24(31)26-14-12-21-28-20-11-6-13-25-22(20)29(21)16-17-7-3-2-4-8-17/h2-11,13,15H,12,14,16H2,1H3,(H2,26,27,31). The number of rotatable bonds is 7. The topological polar surface area (TPSA) is 98.1 Å². The van der Waals surface area contributed by atoms with Gasteiger partial charge in [-0.25, -0.2) is 19.6 Å². The summed E-state index contributed by atoms with van der Waals surface area (Å²) in [5.41, 5.74) is 3.66. The number of aromatic nitrogens is 3. The van der Waals surface area contributed by atoms with Gasteiger partial charge in [0.1, 0.15) is 11.3 Å². The van der Waals surface area contributed by atoms with E-state index >= 15 is 0 Å². The zero-order valence-electron chi connectivity index (χ0n) is 17.6. The highest BCUT2D eigenvalue weighted by Crippen LogP contribution is 2.16. The minimum Gasteiger partial charge on any atom is -0.465 e. The van der Waals surface area contributed by atoms with E-state index in [2.05, 4.69) is 32.3 Å². The number of carbonyl (C=O) groups excluding carboxylic acids is 2. The number of nitrogens with one attached hydrogen (secondary N) is 2. The van der Waals surface area contributed by atoms with Crippen LogP contribution in [0.4, 0.5) is 10.5 Å². The van der Waals surface area contributed by atoms with Crippen molar-refractivity contribution >= 4 is 28.9 Å². The summed E-state index contributed by atoms with van der Waals surface area (Å²) in [6.45, 7) is 1.04. The number of benzene rings is 2. The number of nitrogens with zero attached hydrogens (tertiary/aromatic N) is 3. The van der Waals surface area contributed by atoms with Gasteiger partial charge in [-0.05, 0) is 35.9 Å². The maximum Gasteiger partial charge on any atom is 0.337 e. The first-order chi connectivity index (χ1) is 15.6. The lowest BCUT2D eigenvalue weighted by Gasteiger charge is -2.11. The third kappa shape index (κ3) is 4.92. The first-order valence-corrected chi connectivity index (χ1v) is 10.2. The number of methoxy groups -OCH3 is 1. The van der Waals surface area contributed by atoms with Gasteiger partial charge in [0.2, 0.25) is 0 Å². The Morgan fingerprint density at radius 2 is 1.88 bits per heavy atom. The van der Waals surface area contributed by atoms with E-state index < -0.39 is 5.97 Å². The second-order valence-corrected chi connectivity index (χ2v) is 7.15. The van der Waals surface area contributed by atoms with Crippen LogP contribution in [0, 0.1) is 0 Å². The molecule has 4 aromatic rings. The maximum atomic E-state index is 12.3. The highest BCUT2D eigenvalue weighted by atomic mass is 16.5. The second kappa shape index (κ2) is 9.74. The number of carbonyl (C=O) groups is 2. The lowest BCUT2D eigenvalue weighted by atomic mass is 10.2. The van der Waals surface area contributed by atoms with Crippen LogP contribution in [0.1, 0.15) is 21.7 Å². The first kappa shape index (κ1) is 21.0. The molecule has 0 bridgehead atoms. The Balaban J connectivity index is 1.42. The maximum absolute atomic E-state index is 12.3. The number of ether oxygens (including phenoxy) is 1. The molecule has 0 aliphatic heterocycles. The molecular formula is C24H23N5O3. The van der Waals surface area contributed by atoms with Crippen LogP contribution in [0.15, 0.2) is 72.9 Å². The lowest BCUT2D eigenvalue weighted by Crippen LogP contribution is -2.31. The summed E-state index contributed by atoms with van der Waals surface area (Å²) in [5, 5.41) is 5.57. The summed E-state index contributed by atoms with van der Waals surface area (Å²) in [6, 6.07) is 20.1. The summed E-state index contributed by atoms with van der Waals surface area (Å²) in [7, 11) is 1.32. The molecule has 0 aliphatic rings. The Morgan fingerprint density at radius 1 is 1.03 bits per heavy atom. The van der Waals surface area contributed by atoms with E-state index in [-0.39, 0.29) is 6.03 Å². The molecule has 0 fully saturated rings. The number of anilines is 1. The van der Waals surface area contributed by atoms with Gasteiger partial charge >= 0.3 is 12.0 Å². The molecule has 0 saturated heterocycles. The van der Waals surface area contributed by atoms with Crippen LogP contribution in [0.25, 0.3) is 11.2 Å². The van der Waals surface area contributed by atoms with Gasteiger partial charge < -0.3 is 19.9 Å². The summed E-state index contributed by atoms with van der Waals surface area (Å²) < 4.78 is 6.78. The summed E-state index contributed by atoms with van der Waals surface area (Å²) in [6.07, 6.45) is 2.29. The molecule has 0 radical (unpaired) electrons. The highest BCUT2D eigenvalue weighted by Gasteiger charge is 2.13. The molecule has 4 rings (SSSR count). The zero-order chi connectivity index (χ0) is 22.3. The fraction of sp³-hybridized carbons (Fsp3) is 0.167. The van der Waals surface area contributed by atoms with E-state index in [9.17, 15) is 9.59 Å². The van der Waals surface area contributed by atoms with Gasteiger partial charge in [0.15, 0.2) is 5.65 Å². The predicted molar refractivity (Wildman–Crippen MR) is 122 cm³/mol. The molecule has 2 N–H and O–H groups in total. The average Bonchev–Trinajstić information content (AvgIpc) is 3.16. The Kier molecular flexibility index (Phi) is 6.41. The fourth-order valence-electron chi connectivity index (χ4n) is 3.43. The number of pyridine rings is 1. The van der Waals surface area contributed by atoms with Gasteiger partial charge in [0, 0.05) is 24.8 Å². The van der Waals surface area contributed by atoms with Crippen LogP contribution < -0.4 is 10.6 Å². The first-order valence-electron chi connectivity index (χ1n) is 10.2. The molecule has 0 aliphatic carbocycles. The van der Waals surface area contributed by atoms with Gasteiger partial charge in [0.05, 0.1) is 19.2 Å². The van der Waals surface area contributed by atoms with Crippen molar-refractivity contribution in [3.63, 3.8) is 0 Å². The highest BCUT2D eigenvalue weighted by molar-refractivity contribution is 5.93. The Hall–Kier alpha value is -4.20. The van der Waals surface area contributed by atoms with Crippen molar-refractivity contribution in [2.24, 2.45) is 0 Å². The van der Waals surface area contributed by atoms with Crippen molar-refractivity contribution in [1.82, 2.24) is 19.9 Å². The number of imidazole rings is 1. The van der Waals surface area contributed by atoms with Crippen molar-refractivity contribution in [3.05, 3.63) is 89.9 Å². The van der Waals surface area contributed by atoms with Crippen LogP contribution in [-0.2, 0) is 17.7 Å². The van der Waals surface area contributed by atoms with Crippen molar-refractivity contribution < 1.29 is 14.3 Å².